The lowest BCUT2D eigenvalue weighted by Gasteiger charge is -2.37. The molecule has 4 heteroatoms. The SMILES string of the molecule is COC(=O)C1(C#N)C(I)CC=CC1c1ccccc1. The van der Waals surface area contributed by atoms with Crippen molar-refractivity contribution in [1.82, 2.24) is 0 Å². The molecule has 1 aliphatic rings. The van der Waals surface area contributed by atoms with Crippen LogP contribution in [0.2, 0.25) is 0 Å². The predicted octanol–water partition coefficient (Wildman–Crippen LogP) is 3.22. The van der Waals surface area contributed by atoms with Crippen molar-refractivity contribution in [3.8, 4) is 6.07 Å². The average molecular weight is 367 g/mol. The first-order valence-corrected chi connectivity index (χ1v) is 7.26. The average Bonchev–Trinajstić information content (AvgIpc) is 2.47. The standard InChI is InChI=1S/C15H14INO2/c1-19-14(18)15(10-17)12(8-5-9-13(15)16)11-6-3-2-4-7-11/h2-8,12-13H,9H2,1H3. The van der Waals surface area contributed by atoms with Gasteiger partial charge in [0.1, 0.15) is 0 Å². The highest BCUT2D eigenvalue weighted by Crippen LogP contribution is 2.48. The van der Waals surface area contributed by atoms with Crippen LogP contribution in [0.15, 0.2) is 42.5 Å². The normalized spacial score (nSPS) is 29.5. The van der Waals surface area contributed by atoms with Crippen molar-refractivity contribution < 1.29 is 9.53 Å². The van der Waals surface area contributed by atoms with Crippen molar-refractivity contribution in [2.75, 3.05) is 7.11 Å². The summed E-state index contributed by atoms with van der Waals surface area (Å²) in [6.07, 6.45) is 4.69. The molecule has 19 heavy (non-hydrogen) atoms. The summed E-state index contributed by atoms with van der Waals surface area (Å²) in [5.74, 6) is -0.714. The summed E-state index contributed by atoms with van der Waals surface area (Å²) in [5.41, 5.74) is -0.183. The van der Waals surface area contributed by atoms with E-state index in [1.165, 1.54) is 7.11 Å². The minimum atomic E-state index is -1.15. The Kier molecular flexibility index (Phi) is 4.25. The number of allylic oxidation sites excluding steroid dienone is 2. The lowest BCUT2D eigenvalue weighted by Crippen LogP contribution is -2.45. The van der Waals surface area contributed by atoms with E-state index < -0.39 is 11.4 Å². The molecule has 0 spiro atoms. The third-order valence-electron chi connectivity index (χ3n) is 3.52. The number of hydrogen-bond acceptors (Lipinski definition) is 3. The maximum absolute atomic E-state index is 12.2. The fourth-order valence-electron chi connectivity index (χ4n) is 2.51. The molecule has 1 aromatic carbocycles. The lowest BCUT2D eigenvalue weighted by atomic mass is 9.67. The number of rotatable bonds is 2. The van der Waals surface area contributed by atoms with Crippen LogP contribution >= 0.6 is 22.6 Å². The van der Waals surface area contributed by atoms with Crippen LogP contribution in [-0.4, -0.2) is 17.0 Å². The summed E-state index contributed by atoms with van der Waals surface area (Å²) in [6.45, 7) is 0. The zero-order chi connectivity index (χ0) is 13.9. The first kappa shape index (κ1) is 14.1. The van der Waals surface area contributed by atoms with Crippen LogP contribution in [0, 0.1) is 16.7 Å². The molecular formula is C15H14INO2. The summed E-state index contributed by atoms with van der Waals surface area (Å²) in [5, 5.41) is 9.66. The molecule has 3 atom stereocenters. The second-order valence-electron chi connectivity index (χ2n) is 4.49. The van der Waals surface area contributed by atoms with Gasteiger partial charge in [0.05, 0.1) is 13.2 Å². The molecule has 1 aliphatic carbocycles. The van der Waals surface area contributed by atoms with Crippen molar-refractivity contribution in [1.29, 1.82) is 5.26 Å². The van der Waals surface area contributed by atoms with Crippen LogP contribution in [0.25, 0.3) is 0 Å². The number of nitrogens with zero attached hydrogens (tertiary/aromatic N) is 1. The molecule has 0 aromatic heterocycles. The number of methoxy groups -OCH3 is 1. The van der Waals surface area contributed by atoms with E-state index in [4.69, 9.17) is 4.74 Å². The summed E-state index contributed by atoms with van der Waals surface area (Å²) < 4.78 is 4.81. The zero-order valence-electron chi connectivity index (χ0n) is 10.5. The Balaban J connectivity index is 2.56. The van der Waals surface area contributed by atoms with Crippen LogP contribution in [0.1, 0.15) is 17.9 Å². The van der Waals surface area contributed by atoms with E-state index in [1.54, 1.807) is 0 Å². The van der Waals surface area contributed by atoms with Gasteiger partial charge in [-0.2, -0.15) is 5.26 Å². The van der Waals surface area contributed by atoms with Gasteiger partial charge in [-0.3, -0.25) is 4.79 Å². The minimum Gasteiger partial charge on any atom is -0.468 e. The topological polar surface area (TPSA) is 50.1 Å². The molecule has 1 aromatic rings. The Morgan fingerprint density at radius 3 is 2.74 bits per heavy atom. The van der Waals surface area contributed by atoms with E-state index >= 15 is 0 Å². The van der Waals surface area contributed by atoms with Gasteiger partial charge in [-0.1, -0.05) is 65.1 Å². The van der Waals surface area contributed by atoms with E-state index in [0.717, 1.165) is 5.56 Å². The summed E-state index contributed by atoms with van der Waals surface area (Å²) in [4.78, 5) is 12.2. The molecule has 3 nitrogen and oxygen atoms in total. The van der Waals surface area contributed by atoms with E-state index in [0.29, 0.717) is 6.42 Å². The van der Waals surface area contributed by atoms with Gasteiger partial charge in [0.25, 0.3) is 0 Å². The molecule has 0 N–H and O–H groups in total. The number of carbonyl (C=O) groups is 1. The second-order valence-corrected chi connectivity index (χ2v) is 6.00. The summed E-state index contributed by atoms with van der Waals surface area (Å²) in [6, 6.07) is 11.9. The molecule has 0 saturated heterocycles. The largest absolute Gasteiger partial charge is 0.468 e. The van der Waals surface area contributed by atoms with Crippen molar-refractivity contribution in [2.24, 2.45) is 5.41 Å². The third-order valence-corrected chi connectivity index (χ3v) is 5.01. The molecule has 0 fully saturated rings. The van der Waals surface area contributed by atoms with Crippen LogP contribution in [0.4, 0.5) is 0 Å². The van der Waals surface area contributed by atoms with Gasteiger partial charge in [-0.25, -0.2) is 0 Å². The monoisotopic (exact) mass is 367 g/mol. The highest BCUT2D eigenvalue weighted by molar-refractivity contribution is 14.1. The Labute approximate surface area is 126 Å². The molecular weight excluding hydrogens is 353 g/mol. The van der Waals surface area contributed by atoms with Gasteiger partial charge in [-0.05, 0) is 12.0 Å². The zero-order valence-corrected chi connectivity index (χ0v) is 12.7. The maximum Gasteiger partial charge on any atom is 0.328 e. The van der Waals surface area contributed by atoms with Crippen molar-refractivity contribution in [3.63, 3.8) is 0 Å². The van der Waals surface area contributed by atoms with Gasteiger partial charge in [0.15, 0.2) is 5.41 Å². The van der Waals surface area contributed by atoms with Crippen LogP contribution in [0.5, 0.6) is 0 Å². The maximum atomic E-state index is 12.2. The molecule has 0 radical (unpaired) electrons. The van der Waals surface area contributed by atoms with Gasteiger partial charge < -0.3 is 4.74 Å². The van der Waals surface area contributed by atoms with Crippen LogP contribution in [0.3, 0.4) is 0 Å². The number of halogens is 1. The number of carbonyl (C=O) groups excluding carboxylic acids is 1. The van der Waals surface area contributed by atoms with Crippen LogP contribution < -0.4 is 0 Å². The molecule has 0 aliphatic heterocycles. The predicted molar refractivity (Wildman–Crippen MR) is 80.8 cm³/mol. The van der Waals surface area contributed by atoms with Crippen molar-refractivity contribution in [2.45, 2.75) is 16.3 Å². The molecule has 98 valence electrons. The third kappa shape index (κ3) is 2.27. The first-order chi connectivity index (χ1) is 9.16. The van der Waals surface area contributed by atoms with E-state index in [-0.39, 0.29) is 9.84 Å². The first-order valence-electron chi connectivity index (χ1n) is 6.02. The van der Waals surface area contributed by atoms with E-state index in [1.807, 2.05) is 42.5 Å². The van der Waals surface area contributed by atoms with Crippen molar-refractivity contribution in [3.05, 3.63) is 48.0 Å². The fraction of sp³-hybridized carbons (Fsp3) is 0.333. The van der Waals surface area contributed by atoms with Crippen molar-refractivity contribution >= 4 is 28.6 Å². The second kappa shape index (κ2) is 5.74. The molecule has 0 bridgehead atoms. The Bertz CT molecular complexity index is 535. The Hall–Kier alpha value is -1.35. The summed E-state index contributed by atoms with van der Waals surface area (Å²) >= 11 is 2.18. The molecule has 3 unspecified atom stereocenters. The highest BCUT2D eigenvalue weighted by atomic mass is 127. The number of hydrogen-bond donors (Lipinski definition) is 0. The molecule has 0 amide bonds. The molecule has 2 rings (SSSR count). The van der Waals surface area contributed by atoms with Gasteiger partial charge in [-0.15, -0.1) is 0 Å². The van der Waals surface area contributed by atoms with Gasteiger partial charge in [0.2, 0.25) is 0 Å². The quantitative estimate of drug-likeness (QED) is 0.349. The van der Waals surface area contributed by atoms with Gasteiger partial charge >= 0.3 is 5.97 Å². The number of ether oxygens (including phenoxy) is 1. The molecule has 0 saturated carbocycles. The fourth-order valence-corrected chi connectivity index (χ4v) is 3.58. The Morgan fingerprint density at radius 2 is 2.16 bits per heavy atom. The number of nitriles is 1. The van der Waals surface area contributed by atoms with Crippen LogP contribution in [-0.2, 0) is 9.53 Å². The highest BCUT2D eigenvalue weighted by Gasteiger charge is 2.53. The van der Waals surface area contributed by atoms with E-state index in [2.05, 4.69) is 28.7 Å². The molecule has 0 heterocycles. The number of alkyl halides is 1. The minimum absolute atomic E-state index is 0.0993. The number of benzene rings is 1. The Morgan fingerprint density at radius 1 is 1.47 bits per heavy atom. The smallest absolute Gasteiger partial charge is 0.328 e. The van der Waals surface area contributed by atoms with E-state index in [9.17, 15) is 10.1 Å². The lowest BCUT2D eigenvalue weighted by molar-refractivity contribution is -0.150. The summed E-state index contributed by atoms with van der Waals surface area (Å²) in [7, 11) is 1.34. The van der Waals surface area contributed by atoms with Gasteiger partial charge in [0, 0.05) is 9.84 Å². The number of esters is 1.